The Morgan fingerprint density at radius 1 is 0.906 bits per heavy atom. The highest BCUT2D eigenvalue weighted by atomic mass is 16.5. The highest BCUT2D eigenvalue weighted by Gasteiger charge is 2.24. The number of carbonyl (C=O) groups is 1. The lowest BCUT2D eigenvalue weighted by Gasteiger charge is -2.33. The molecule has 1 amide bonds. The minimum absolute atomic E-state index is 0.0831. The molecule has 4 rings (SSSR count). The Morgan fingerprint density at radius 2 is 1.47 bits per heavy atom. The van der Waals surface area contributed by atoms with Crippen molar-refractivity contribution in [3.05, 3.63) is 103 Å². The van der Waals surface area contributed by atoms with Crippen LogP contribution in [0.4, 0.5) is 0 Å². The molecule has 0 aliphatic carbocycles. The molecular weight excluding hydrogens is 396 g/mol. The molecule has 0 bridgehead atoms. The quantitative estimate of drug-likeness (QED) is 0.480. The minimum Gasteiger partial charge on any atom is -0.457 e. The average molecular weight is 427 g/mol. The summed E-state index contributed by atoms with van der Waals surface area (Å²) in [4.78, 5) is 16.7. The van der Waals surface area contributed by atoms with Crippen LogP contribution in [0.25, 0.3) is 5.70 Å². The zero-order chi connectivity index (χ0) is 22.3. The zero-order valence-corrected chi connectivity index (χ0v) is 18.6. The maximum atomic E-state index is 12.8. The van der Waals surface area contributed by atoms with Gasteiger partial charge in [0.15, 0.2) is 0 Å². The van der Waals surface area contributed by atoms with Gasteiger partial charge in [-0.15, -0.1) is 0 Å². The number of nitrogens with zero attached hydrogens (tertiary/aromatic N) is 2. The van der Waals surface area contributed by atoms with Gasteiger partial charge in [0, 0.05) is 12.7 Å². The number of piperidine rings is 1. The Morgan fingerprint density at radius 3 is 2.09 bits per heavy atom. The number of likely N-dealkylation sites (N-methyl/N-ethyl adjacent to an activating group) is 1. The van der Waals surface area contributed by atoms with Gasteiger partial charge in [-0.05, 0) is 67.2 Å². The molecule has 4 heteroatoms. The summed E-state index contributed by atoms with van der Waals surface area (Å²) >= 11 is 0. The second-order valence-electron chi connectivity index (χ2n) is 8.30. The molecule has 0 N–H and O–H groups in total. The number of hydrogen-bond acceptors (Lipinski definition) is 3. The van der Waals surface area contributed by atoms with Crippen LogP contribution in [0, 0.1) is 0 Å². The second-order valence-corrected chi connectivity index (χ2v) is 8.30. The molecule has 0 unspecified atom stereocenters. The number of amides is 1. The van der Waals surface area contributed by atoms with Crippen LogP contribution in [0.5, 0.6) is 11.5 Å². The standard InChI is InChI=1S/C28H30N2O2/c1-22(23-9-5-3-6-10-23)29(2)28(31)21-30-19-17-25(18-20-30)24-13-15-27(16-14-24)32-26-11-7-4-8-12-26/h3-16,25H,1,17-21H2,2H3. The van der Waals surface area contributed by atoms with E-state index in [0.717, 1.165) is 48.7 Å². The highest BCUT2D eigenvalue weighted by Crippen LogP contribution is 2.30. The molecule has 3 aromatic carbocycles. The van der Waals surface area contributed by atoms with Gasteiger partial charge in [-0.3, -0.25) is 9.69 Å². The van der Waals surface area contributed by atoms with Crippen molar-refractivity contribution in [1.29, 1.82) is 0 Å². The Kier molecular flexibility index (Phi) is 7.03. The summed E-state index contributed by atoms with van der Waals surface area (Å²) < 4.78 is 5.90. The molecule has 0 saturated carbocycles. The predicted molar refractivity (Wildman–Crippen MR) is 130 cm³/mol. The van der Waals surface area contributed by atoms with E-state index in [4.69, 9.17) is 4.74 Å². The second kappa shape index (κ2) is 10.3. The molecule has 0 spiro atoms. The Hall–Kier alpha value is -3.37. The Bertz CT molecular complexity index is 1020. The molecule has 1 aliphatic rings. The molecule has 4 nitrogen and oxygen atoms in total. The van der Waals surface area contributed by atoms with Crippen molar-refractivity contribution < 1.29 is 9.53 Å². The summed E-state index contributed by atoms with van der Waals surface area (Å²) in [7, 11) is 1.81. The van der Waals surface area contributed by atoms with Crippen molar-refractivity contribution in [3.8, 4) is 11.5 Å². The summed E-state index contributed by atoms with van der Waals surface area (Å²) in [6, 6.07) is 28.1. The zero-order valence-electron chi connectivity index (χ0n) is 18.6. The first-order chi connectivity index (χ1) is 15.6. The fourth-order valence-electron chi connectivity index (χ4n) is 4.13. The summed E-state index contributed by atoms with van der Waals surface area (Å²) in [6.45, 7) is 6.37. The van der Waals surface area contributed by atoms with E-state index in [0.29, 0.717) is 12.5 Å². The average Bonchev–Trinajstić information content (AvgIpc) is 2.85. The lowest BCUT2D eigenvalue weighted by atomic mass is 9.89. The molecular formula is C28H30N2O2. The van der Waals surface area contributed by atoms with Gasteiger partial charge < -0.3 is 9.64 Å². The topological polar surface area (TPSA) is 32.8 Å². The van der Waals surface area contributed by atoms with E-state index in [2.05, 4.69) is 23.6 Å². The number of likely N-dealkylation sites (tertiary alicyclic amines) is 1. The van der Waals surface area contributed by atoms with Crippen molar-refractivity contribution in [1.82, 2.24) is 9.80 Å². The molecule has 0 atom stereocenters. The molecule has 3 aromatic rings. The third-order valence-electron chi connectivity index (χ3n) is 6.16. The van der Waals surface area contributed by atoms with Crippen LogP contribution < -0.4 is 4.74 Å². The molecule has 1 fully saturated rings. The van der Waals surface area contributed by atoms with Crippen LogP contribution in [0.2, 0.25) is 0 Å². The maximum absolute atomic E-state index is 12.8. The van der Waals surface area contributed by atoms with Gasteiger partial charge in [-0.2, -0.15) is 0 Å². The van der Waals surface area contributed by atoms with E-state index in [-0.39, 0.29) is 5.91 Å². The maximum Gasteiger partial charge on any atom is 0.240 e. The van der Waals surface area contributed by atoms with Gasteiger partial charge in [0.2, 0.25) is 5.91 Å². The van der Waals surface area contributed by atoms with Crippen LogP contribution in [0.1, 0.15) is 29.9 Å². The molecule has 0 radical (unpaired) electrons. The Balaban J connectivity index is 1.26. The summed E-state index contributed by atoms with van der Waals surface area (Å²) in [5.41, 5.74) is 3.05. The molecule has 164 valence electrons. The van der Waals surface area contributed by atoms with Gasteiger partial charge in [0.25, 0.3) is 0 Å². The van der Waals surface area contributed by atoms with E-state index < -0.39 is 0 Å². The molecule has 1 heterocycles. The molecule has 32 heavy (non-hydrogen) atoms. The fraction of sp³-hybridized carbons (Fsp3) is 0.250. The van der Waals surface area contributed by atoms with Crippen molar-refractivity contribution in [2.45, 2.75) is 18.8 Å². The van der Waals surface area contributed by atoms with Gasteiger partial charge >= 0.3 is 0 Å². The number of hydrogen-bond donors (Lipinski definition) is 0. The molecule has 1 saturated heterocycles. The minimum atomic E-state index is 0.0831. The first-order valence-corrected chi connectivity index (χ1v) is 11.2. The smallest absolute Gasteiger partial charge is 0.240 e. The Labute approximate surface area is 190 Å². The lowest BCUT2D eigenvalue weighted by Crippen LogP contribution is -2.41. The van der Waals surface area contributed by atoms with Crippen LogP contribution >= 0.6 is 0 Å². The van der Waals surface area contributed by atoms with Gasteiger partial charge in [0.05, 0.1) is 6.54 Å². The van der Waals surface area contributed by atoms with Gasteiger partial charge in [-0.1, -0.05) is 67.2 Å². The van der Waals surface area contributed by atoms with Crippen molar-refractivity contribution in [3.63, 3.8) is 0 Å². The predicted octanol–water partition coefficient (Wildman–Crippen LogP) is 5.79. The monoisotopic (exact) mass is 426 g/mol. The number of rotatable bonds is 7. The largest absolute Gasteiger partial charge is 0.457 e. The van der Waals surface area contributed by atoms with E-state index in [1.807, 2.05) is 79.8 Å². The molecule has 0 aromatic heterocycles. The van der Waals surface area contributed by atoms with Crippen LogP contribution in [0.15, 0.2) is 91.5 Å². The van der Waals surface area contributed by atoms with E-state index in [1.165, 1.54) is 5.56 Å². The van der Waals surface area contributed by atoms with Crippen LogP contribution in [0.3, 0.4) is 0 Å². The highest BCUT2D eigenvalue weighted by molar-refractivity contribution is 5.87. The van der Waals surface area contributed by atoms with Crippen LogP contribution in [-0.2, 0) is 4.79 Å². The fourth-order valence-corrected chi connectivity index (χ4v) is 4.13. The van der Waals surface area contributed by atoms with E-state index in [1.54, 1.807) is 4.90 Å². The van der Waals surface area contributed by atoms with E-state index >= 15 is 0 Å². The molecule has 1 aliphatic heterocycles. The van der Waals surface area contributed by atoms with Gasteiger partial charge in [0.1, 0.15) is 11.5 Å². The first-order valence-electron chi connectivity index (χ1n) is 11.2. The van der Waals surface area contributed by atoms with E-state index in [9.17, 15) is 4.79 Å². The van der Waals surface area contributed by atoms with Crippen molar-refractivity contribution >= 4 is 11.6 Å². The number of para-hydroxylation sites is 1. The number of benzene rings is 3. The summed E-state index contributed by atoms with van der Waals surface area (Å²) in [6.07, 6.45) is 2.10. The third-order valence-corrected chi connectivity index (χ3v) is 6.16. The summed E-state index contributed by atoms with van der Waals surface area (Å²) in [5, 5.41) is 0. The number of carbonyl (C=O) groups excluding carboxylic acids is 1. The lowest BCUT2D eigenvalue weighted by molar-refractivity contribution is -0.128. The van der Waals surface area contributed by atoms with Crippen molar-refractivity contribution in [2.75, 3.05) is 26.7 Å². The SMILES string of the molecule is C=C(c1ccccc1)N(C)C(=O)CN1CCC(c2ccc(Oc3ccccc3)cc2)CC1. The summed E-state index contributed by atoms with van der Waals surface area (Å²) in [5.74, 6) is 2.30. The van der Waals surface area contributed by atoms with Crippen LogP contribution in [-0.4, -0.2) is 42.4 Å². The van der Waals surface area contributed by atoms with Gasteiger partial charge in [-0.25, -0.2) is 0 Å². The first kappa shape index (κ1) is 21.8. The normalized spacial score (nSPS) is 14.7. The van der Waals surface area contributed by atoms with Crippen molar-refractivity contribution in [2.24, 2.45) is 0 Å². The third kappa shape index (κ3) is 5.45. The number of ether oxygens (including phenoxy) is 1.